The fourth-order valence-corrected chi connectivity index (χ4v) is 1.65. The van der Waals surface area contributed by atoms with Gasteiger partial charge in [0, 0.05) is 11.6 Å². The molecule has 0 amide bonds. The van der Waals surface area contributed by atoms with Crippen molar-refractivity contribution < 1.29 is 9.78 Å². The Labute approximate surface area is 86.8 Å². The first-order valence-corrected chi connectivity index (χ1v) is 4.81. The molecule has 3 rings (SSSR count). The van der Waals surface area contributed by atoms with Gasteiger partial charge in [-0.3, -0.25) is 0 Å². The Hall–Kier alpha value is -1.68. The van der Waals surface area contributed by atoms with Crippen LogP contribution in [0.2, 0.25) is 0 Å². The van der Waals surface area contributed by atoms with E-state index in [4.69, 9.17) is 9.78 Å². The second kappa shape index (κ2) is 2.90. The second-order valence-corrected chi connectivity index (χ2v) is 3.69. The normalized spacial score (nSPS) is 14.0. The first-order chi connectivity index (χ1) is 7.24. The molecule has 0 radical (unpaired) electrons. The number of benzene rings is 1. The van der Waals surface area contributed by atoms with E-state index in [1.54, 1.807) is 0 Å². The summed E-state index contributed by atoms with van der Waals surface area (Å²) < 4.78 is 0. The number of aromatic nitrogens is 2. The van der Waals surface area contributed by atoms with Crippen molar-refractivity contribution >= 4 is 11.0 Å². The number of nitrogens with zero attached hydrogens (tertiary/aromatic N) is 2. The van der Waals surface area contributed by atoms with Crippen LogP contribution in [0.5, 0.6) is 5.75 Å². The summed E-state index contributed by atoms with van der Waals surface area (Å²) in [5.74, 6) is 0.750. The molecule has 0 saturated heterocycles. The summed E-state index contributed by atoms with van der Waals surface area (Å²) in [7, 11) is 0. The molecule has 4 nitrogen and oxygen atoms in total. The van der Waals surface area contributed by atoms with Crippen LogP contribution in [-0.2, 0) is 11.5 Å². The lowest BCUT2D eigenvalue weighted by Gasteiger charge is -2.03. The summed E-state index contributed by atoms with van der Waals surface area (Å²) in [5.41, 5.74) is 4.68. The molecule has 1 aromatic carbocycles. The summed E-state index contributed by atoms with van der Waals surface area (Å²) in [6.45, 7) is 4.40. The molecule has 0 aliphatic carbocycles. The molecule has 0 spiro atoms. The first-order valence-electron chi connectivity index (χ1n) is 4.81. The number of hydrogen-bond acceptors (Lipinski definition) is 4. The smallest absolute Gasteiger partial charge is 0.173 e. The number of aryl methyl sites for hydroxylation is 2. The van der Waals surface area contributed by atoms with Crippen LogP contribution in [0.4, 0.5) is 0 Å². The van der Waals surface area contributed by atoms with Crippen molar-refractivity contribution in [1.29, 1.82) is 0 Å². The second-order valence-electron chi connectivity index (χ2n) is 3.69. The Morgan fingerprint density at radius 3 is 2.47 bits per heavy atom. The van der Waals surface area contributed by atoms with Gasteiger partial charge in [-0.1, -0.05) is 0 Å². The van der Waals surface area contributed by atoms with Crippen molar-refractivity contribution in [3.63, 3.8) is 0 Å². The van der Waals surface area contributed by atoms with Crippen molar-refractivity contribution in [2.45, 2.75) is 20.5 Å². The van der Waals surface area contributed by atoms with E-state index < -0.39 is 0 Å². The molecule has 0 N–H and O–H groups in total. The summed E-state index contributed by atoms with van der Waals surface area (Å²) in [6, 6.07) is 3.84. The minimum atomic E-state index is 0.486. The molecule has 2 heterocycles. The van der Waals surface area contributed by atoms with E-state index in [2.05, 4.69) is 9.97 Å². The first kappa shape index (κ1) is 8.61. The fourth-order valence-electron chi connectivity index (χ4n) is 1.65. The average Bonchev–Trinajstić information content (AvgIpc) is 2.63. The fraction of sp³-hybridized carbons (Fsp3) is 0.273. The lowest BCUT2D eigenvalue weighted by Crippen LogP contribution is -1.93. The van der Waals surface area contributed by atoms with Gasteiger partial charge in [0.05, 0.1) is 22.4 Å². The highest BCUT2D eigenvalue weighted by atomic mass is 17.2. The molecule has 0 saturated carbocycles. The van der Waals surface area contributed by atoms with Crippen molar-refractivity contribution in [2.24, 2.45) is 0 Å². The van der Waals surface area contributed by atoms with Gasteiger partial charge in [0.25, 0.3) is 0 Å². The molecule has 1 aliphatic heterocycles. The highest BCUT2D eigenvalue weighted by Crippen LogP contribution is 2.29. The van der Waals surface area contributed by atoms with Crippen molar-refractivity contribution in [2.75, 3.05) is 0 Å². The van der Waals surface area contributed by atoms with E-state index in [1.807, 2.05) is 26.0 Å². The Kier molecular flexibility index (Phi) is 1.67. The number of fused-ring (bicyclic) bond motifs is 2. The van der Waals surface area contributed by atoms with Crippen molar-refractivity contribution in [3.8, 4) is 5.75 Å². The zero-order chi connectivity index (χ0) is 10.4. The molecule has 0 atom stereocenters. The van der Waals surface area contributed by atoms with E-state index in [1.165, 1.54) is 0 Å². The van der Waals surface area contributed by atoms with Crippen molar-refractivity contribution in [3.05, 3.63) is 29.1 Å². The minimum Gasteiger partial charge on any atom is -0.337 e. The third kappa shape index (κ3) is 1.26. The topological polar surface area (TPSA) is 44.2 Å². The SMILES string of the molecule is Cc1nc2cc3c(cc2nc1C)OOC3. The quantitative estimate of drug-likeness (QED) is 0.613. The summed E-state index contributed by atoms with van der Waals surface area (Å²) >= 11 is 0. The predicted molar refractivity (Wildman–Crippen MR) is 54.4 cm³/mol. The molecule has 1 aliphatic rings. The van der Waals surface area contributed by atoms with Gasteiger partial charge in [0.2, 0.25) is 0 Å². The van der Waals surface area contributed by atoms with E-state index in [9.17, 15) is 0 Å². The number of hydrogen-bond donors (Lipinski definition) is 0. The molecule has 0 fully saturated rings. The summed E-state index contributed by atoms with van der Waals surface area (Å²) in [5, 5.41) is 0. The zero-order valence-corrected chi connectivity index (χ0v) is 8.57. The van der Waals surface area contributed by atoms with Gasteiger partial charge >= 0.3 is 0 Å². The van der Waals surface area contributed by atoms with E-state index in [-0.39, 0.29) is 0 Å². The Balaban J connectivity index is 2.34. The highest BCUT2D eigenvalue weighted by molar-refractivity contribution is 5.78. The van der Waals surface area contributed by atoms with Crippen LogP contribution < -0.4 is 4.89 Å². The Morgan fingerprint density at radius 1 is 1.07 bits per heavy atom. The monoisotopic (exact) mass is 202 g/mol. The molecule has 2 aromatic rings. The van der Waals surface area contributed by atoms with Crippen LogP contribution in [0.25, 0.3) is 11.0 Å². The molecular formula is C11H10N2O2. The van der Waals surface area contributed by atoms with Gasteiger partial charge in [-0.05, 0) is 19.9 Å². The maximum Gasteiger partial charge on any atom is 0.173 e. The van der Waals surface area contributed by atoms with Crippen molar-refractivity contribution in [1.82, 2.24) is 9.97 Å². The van der Waals surface area contributed by atoms with Gasteiger partial charge in [-0.15, -0.1) is 0 Å². The van der Waals surface area contributed by atoms with Crippen LogP contribution in [0.1, 0.15) is 17.0 Å². The lowest BCUT2D eigenvalue weighted by molar-refractivity contribution is -0.194. The minimum absolute atomic E-state index is 0.486. The molecule has 0 unspecified atom stereocenters. The molecular weight excluding hydrogens is 192 g/mol. The third-order valence-electron chi connectivity index (χ3n) is 2.62. The third-order valence-corrected chi connectivity index (χ3v) is 2.62. The van der Waals surface area contributed by atoms with Crippen LogP contribution in [0, 0.1) is 13.8 Å². The lowest BCUT2D eigenvalue weighted by atomic mass is 10.1. The predicted octanol–water partition coefficient (Wildman–Crippen LogP) is 2.07. The summed E-state index contributed by atoms with van der Waals surface area (Å²) in [6.07, 6.45) is 0. The maximum atomic E-state index is 5.01. The standard InChI is InChI=1S/C11H10N2O2/c1-6-7(2)13-10-4-11-8(5-14-15-11)3-9(10)12-6/h3-4H,5H2,1-2H3. The van der Waals surface area contributed by atoms with Gasteiger partial charge < -0.3 is 4.89 Å². The largest absolute Gasteiger partial charge is 0.337 e. The van der Waals surface area contributed by atoms with Gasteiger partial charge in [-0.2, -0.15) is 4.89 Å². The zero-order valence-electron chi connectivity index (χ0n) is 8.57. The maximum absolute atomic E-state index is 5.01. The van der Waals surface area contributed by atoms with Crippen LogP contribution >= 0.6 is 0 Å². The van der Waals surface area contributed by atoms with E-state index in [0.717, 1.165) is 33.7 Å². The molecule has 76 valence electrons. The van der Waals surface area contributed by atoms with Gasteiger partial charge in [0.15, 0.2) is 5.75 Å². The van der Waals surface area contributed by atoms with Crippen LogP contribution in [0.15, 0.2) is 12.1 Å². The molecule has 15 heavy (non-hydrogen) atoms. The summed E-state index contributed by atoms with van der Waals surface area (Å²) in [4.78, 5) is 18.8. The number of rotatable bonds is 0. The molecule has 4 heteroatoms. The van der Waals surface area contributed by atoms with E-state index >= 15 is 0 Å². The molecule has 0 bridgehead atoms. The van der Waals surface area contributed by atoms with E-state index in [0.29, 0.717) is 6.61 Å². The highest BCUT2D eigenvalue weighted by Gasteiger charge is 2.16. The average molecular weight is 202 g/mol. The van der Waals surface area contributed by atoms with Gasteiger partial charge in [0.1, 0.15) is 6.61 Å². The van der Waals surface area contributed by atoms with Gasteiger partial charge in [-0.25, -0.2) is 9.97 Å². The Bertz CT molecular complexity index is 503. The molecule has 1 aromatic heterocycles. The van der Waals surface area contributed by atoms with Crippen LogP contribution in [0.3, 0.4) is 0 Å². The Morgan fingerprint density at radius 2 is 1.73 bits per heavy atom. The van der Waals surface area contributed by atoms with Crippen LogP contribution in [-0.4, -0.2) is 9.97 Å².